The van der Waals surface area contributed by atoms with E-state index in [2.05, 4.69) is 33.4 Å². The van der Waals surface area contributed by atoms with E-state index in [1.807, 2.05) is 79.5 Å². The van der Waals surface area contributed by atoms with E-state index in [4.69, 9.17) is 0 Å². The van der Waals surface area contributed by atoms with E-state index < -0.39 is 0 Å². The lowest BCUT2D eigenvalue weighted by Crippen LogP contribution is -2.36. The van der Waals surface area contributed by atoms with Crippen LogP contribution in [0, 0.1) is 6.92 Å². The maximum absolute atomic E-state index is 13.3. The highest BCUT2D eigenvalue weighted by Gasteiger charge is 2.16. The molecule has 2 heterocycles. The van der Waals surface area contributed by atoms with Gasteiger partial charge in [0.25, 0.3) is 11.8 Å². The van der Waals surface area contributed by atoms with Crippen LogP contribution >= 0.6 is 0 Å². The third-order valence-electron chi connectivity index (χ3n) is 6.35. The summed E-state index contributed by atoms with van der Waals surface area (Å²) in [6.45, 7) is 3.01. The Labute approximate surface area is 209 Å². The molecule has 0 aliphatic carbocycles. The van der Waals surface area contributed by atoms with Gasteiger partial charge in [-0.3, -0.25) is 9.59 Å². The Morgan fingerprint density at radius 1 is 0.889 bits per heavy atom. The van der Waals surface area contributed by atoms with Crippen molar-refractivity contribution in [3.63, 3.8) is 0 Å². The quantitative estimate of drug-likeness (QED) is 0.324. The molecule has 2 aromatic heterocycles. The van der Waals surface area contributed by atoms with Crippen LogP contribution in [-0.4, -0.2) is 27.5 Å². The molecule has 0 fully saturated rings. The minimum atomic E-state index is -0.333. The van der Waals surface area contributed by atoms with Crippen LogP contribution in [0.2, 0.25) is 0 Å². The van der Waals surface area contributed by atoms with Gasteiger partial charge in [0.05, 0.1) is 0 Å². The highest BCUT2D eigenvalue weighted by atomic mass is 16.2. The lowest BCUT2D eigenvalue weighted by atomic mass is 10.1. The largest absolute Gasteiger partial charge is 0.350 e. The Balaban J connectivity index is 1.39. The third-order valence-corrected chi connectivity index (χ3v) is 6.35. The molecule has 5 aromatic rings. The Bertz CT molecular complexity index is 1590. The lowest BCUT2D eigenvalue weighted by molar-refractivity contribution is -0.117. The first-order chi connectivity index (χ1) is 17.5. The summed E-state index contributed by atoms with van der Waals surface area (Å²) in [7, 11) is 1.96. The van der Waals surface area contributed by atoms with Crippen LogP contribution in [0.3, 0.4) is 0 Å². The van der Waals surface area contributed by atoms with E-state index in [1.54, 1.807) is 18.2 Å². The molecule has 0 saturated carbocycles. The Morgan fingerprint density at radius 2 is 1.61 bits per heavy atom. The fourth-order valence-corrected chi connectivity index (χ4v) is 4.42. The van der Waals surface area contributed by atoms with Crippen molar-refractivity contribution in [2.45, 2.75) is 13.5 Å². The van der Waals surface area contributed by atoms with Gasteiger partial charge in [-0.1, -0.05) is 54.1 Å². The molecule has 3 aromatic carbocycles. The maximum Gasteiger partial charge on any atom is 0.267 e. The number of para-hydroxylation sites is 2. The number of carbonyl (C=O) groups is 2. The van der Waals surface area contributed by atoms with Gasteiger partial charge in [0.1, 0.15) is 5.70 Å². The van der Waals surface area contributed by atoms with Crippen LogP contribution in [0.15, 0.2) is 97.0 Å². The van der Waals surface area contributed by atoms with Crippen LogP contribution in [0.25, 0.3) is 27.9 Å². The Kier molecular flexibility index (Phi) is 6.41. The molecule has 2 amide bonds. The monoisotopic (exact) mass is 476 g/mol. The SMILES string of the molecule is Cc1ccc(C(=O)N/C(=C\c2cn(C)c3ccccc23)C(=O)NCCn2ccc3ccccc32)cc1. The second-order valence-electron chi connectivity index (χ2n) is 8.91. The summed E-state index contributed by atoms with van der Waals surface area (Å²) < 4.78 is 4.12. The van der Waals surface area contributed by atoms with Gasteiger partial charge in [0, 0.05) is 60.1 Å². The fraction of sp³-hybridized carbons (Fsp3) is 0.133. The third kappa shape index (κ3) is 4.79. The number of nitrogens with one attached hydrogen (secondary N) is 2. The minimum absolute atomic E-state index is 0.203. The van der Waals surface area contributed by atoms with Crippen LogP contribution in [0.1, 0.15) is 21.5 Å². The summed E-state index contributed by atoms with van der Waals surface area (Å²) in [4.78, 5) is 26.3. The second-order valence-corrected chi connectivity index (χ2v) is 8.91. The summed E-state index contributed by atoms with van der Waals surface area (Å²) in [6.07, 6.45) is 5.72. The molecule has 0 bridgehead atoms. The molecule has 36 heavy (non-hydrogen) atoms. The molecule has 5 rings (SSSR count). The molecule has 0 unspecified atom stereocenters. The first-order valence-electron chi connectivity index (χ1n) is 12.0. The van der Waals surface area contributed by atoms with Crippen molar-refractivity contribution >= 4 is 39.7 Å². The molecular weight excluding hydrogens is 448 g/mol. The van der Waals surface area contributed by atoms with E-state index in [0.717, 1.165) is 32.9 Å². The van der Waals surface area contributed by atoms with Crippen molar-refractivity contribution in [1.29, 1.82) is 0 Å². The normalized spacial score (nSPS) is 11.7. The molecule has 0 spiro atoms. The van der Waals surface area contributed by atoms with E-state index in [0.29, 0.717) is 18.7 Å². The number of amides is 2. The van der Waals surface area contributed by atoms with Crippen molar-refractivity contribution in [3.05, 3.63) is 114 Å². The van der Waals surface area contributed by atoms with Crippen molar-refractivity contribution < 1.29 is 9.59 Å². The average Bonchev–Trinajstić information content (AvgIpc) is 3.45. The number of fused-ring (bicyclic) bond motifs is 2. The van der Waals surface area contributed by atoms with Crippen LogP contribution < -0.4 is 10.6 Å². The second kappa shape index (κ2) is 9.96. The van der Waals surface area contributed by atoms with Gasteiger partial charge in [-0.2, -0.15) is 0 Å². The van der Waals surface area contributed by atoms with Crippen molar-refractivity contribution in [3.8, 4) is 0 Å². The van der Waals surface area contributed by atoms with Gasteiger partial charge < -0.3 is 19.8 Å². The van der Waals surface area contributed by atoms with Gasteiger partial charge in [-0.15, -0.1) is 0 Å². The minimum Gasteiger partial charge on any atom is -0.350 e. The molecule has 0 saturated heterocycles. The molecule has 180 valence electrons. The standard InChI is InChI=1S/C30H28N4O2/c1-21-11-13-23(14-12-21)29(35)32-26(19-24-20-33(2)28-10-6-4-8-25(24)28)30(36)31-16-18-34-17-15-22-7-3-5-9-27(22)34/h3-15,17,19-20H,16,18H2,1-2H3,(H,31,36)(H,32,35)/b26-19-. The summed E-state index contributed by atoms with van der Waals surface area (Å²) in [6, 6.07) is 25.5. The summed E-state index contributed by atoms with van der Waals surface area (Å²) in [5.74, 6) is -0.659. The van der Waals surface area contributed by atoms with Crippen molar-refractivity contribution in [2.24, 2.45) is 7.05 Å². The summed E-state index contributed by atoms with van der Waals surface area (Å²) >= 11 is 0. The zero-order valence-corrected chi connectivity index (χ0v) is 20.4. The fourth-order valence-electron chi connectivity index (χ4n) is 4.42. The number of nitrogens with zero attached hydrogens (tertiary/aromatic N) is 2. The number of benzene rings is 3. The first kappa shape index (κ1) is 23.2. The van der Waals surface area contributed by atoms with Crippen molar-refractivity contribution in [1.82, 2.24) is 19.8 Å². The van der Waals surface area contributed by atoms with Gasteiger partial charge in [0.15, 0.2) is 0 Å². The summed E-state index contributed by atoms with van der Waals surface area (Å²) in [5, 5.41) is 7.99. The van der Waals surface area contributed by atoms with Gasteiger partial charge in [-0.25, -0.2) is 0 Å². The zero-order valence-electron chi connectivity index (χ0n) is 20.4. The zero-order chi connectivity index (χ0) is 25.1. The molecule has 0 atom stereocenters. The van der Waals surface area contributed by atoms with Crippen LogP contribution in [-0.2, 0) is 18.4 Å². The molecule has 0 radical (unpaired) electrons. The summed E-state index contributed by atoms with van der Waals surface area (Å²) in [5.41, 5.74) is 4.79. The van der Waals surface area contributed by atoms with Gasteiger partial charge in [-0.05, 0) is 48.7 Å². The van der Waals surface area contributed by atoms with Crippen LogP contribution in [0.5, 0.6) is 0 Å². The number of aromatic nitrogens is 2. The number of carbonyl (C=O) groups excluding carboxylic acids is 2. The van der Waals surface area contributed by atoms with Crippen molar-refractivity contribution in [2.75, 3.05) is 6.54 Å². The van der Waals surface area contributed by atoms with E-state index in [9.17, 15) is 9.59 Å². The first-order valence-corrected chi connectivity index (χ1v) is 12.0. The van der Waals surface area contributed by atoms with E-state index in [1.165, 1.54) is 0 Å². The predicted molar refractivity (Wildman–Crippen MR) is 144 cm³/mol. The maximum atomic E-state index is 13.3. The highest BCUT2D eigenvalue weighted by molar-refractivity contribution is 6.06. The predicted octanol–water partition coefficient (Wildman–Crippen LogP) is 5.03. The number of aryl methyl sites for hydroxylation is 2. The molecule has 0 aliphatic heterocycles. The topological polar surface area (TPSA) is 68.1 Å². The smallest absolute Gasteiger partial charge is 0.267 e. The van der Waals surface area contributed by atoms with Crippen LogP contribution in [0.4, 0.5) is 0 Å². The number of hydrogen-bond acceptors (Lipinski definition) is 2. The average molecular weight is 477 g/mol. The lowest BCUT2D eigenvalue weighted by Gasteiger charge is -2.12. The number of rotatable bonds is 7. The molecule has 2 N–H and O–H groups in total. The molecular formula is C30H28N4O2. The van der Waals surface area contributed by atoms with E-state index in [-0.39, 0.29) is 17.5 Å². The van der Waals surface area contributed by atoms with Gasteiger partial charge >= 0.3 is 0 Å². The molecule has 0 aliphatic rings. The molecule has 6 heteroatoms. The Morgan fingerprint density at radius 3 is 2.42 bits per heavy atom. The van der Waals surface area contributed by atoms with Gasteiger partial charge in [0.2, 0.25) is 0 Å². The highest BCUT2D eigenvalue weighted by Crippen LogP contribution is 2.22. The van der Waals surface area contributed by atoms with E-state index >= 15 is 0 Å². The number of hydrogen-bond donors (Lipinski definition) is 2. The Hall–Kier alpha value is -4.58. The molecule has 6 nitrogen and oxygen atoms in total.